The summed E-state index contributed by atoms with van der Waals surface area (Å²) in [5, 5.41) is 8.19. The van der Waals surface area contributed by atoms with Gasteiger partial charge in [-0.15, -0.1) is 0 Å². The molecule has 8 heteroatoms. The number of nitrogen functional groups attached to an aromatic ring is 2. The zero-order chi connectivity index (χ0) is 20.2. The molecule has 0 fully saturated rings. The Hall–Kier alpha value is -2.12. The van der Waals surface area contributed by atoms with Crippen LogP contribution in [0.5, 0.6) is 0 Å². The van der Waals surface area contributed by atoms with Gasteiger partial charge in [-0.05, 0) is 22.2 Å². The number of aryl methyl sites for hydroxylation is 2. The van der Waals surface area contributed by atoms with Gasteiger partial charge in [0.2, 0.25) is 10.5 Å². The lowest BCUT2D eigenvalue weighted by atomic mass is 10.1. The molecular formula is C20H38N6O2+2. The first-order valence-corrected chi connectivity index (χ1v) is 11.0. The molecule has 0 spiro atoms. The number of nitrogens with two attached hydrogens (primary N) is 2. The molecule has 2 rings (SSSR count). The summed E-state index contributed by atoms with van der Waals surface area (Å²) in [7, 11) is 0. The van der Waals surface area contributed by atoms with Crippen molar-refractivity contribution in [3.63, 3.8) is 0 Å². The van der Waals surface area contributed by atoms with Crippen LogP contribution in [-0.2, 0) is 25.9 Å². The van der Waals surface area contributed by atoms with E-state index in [0.717, 1.165) is 37.3 Å². The third-order valence-corrected chi connectivity index (χ3v) is 5.21. The van der Waals surface area contributed by atoms with E-state index in [1.54, 1.807) is 0 Å². The zero-order valence-electron chi connectivity index (χ0n) is 17.7. The van der Waals surface area contributed by atoms with Crippen molar-refractivity contribution in [2.75, 3.05) is 11.5 Å². The van der Waals surface area contributed by atoms with Crippen molar-refractivity contribution in [3.8, 4) is 0 Å². The Labute approximate surface area is 168 Å². The largest absolute Gasteiger partial charge is 0.362 e. The van der Waals surface area contributed by atoms with Crippen LogP contribution in [0.2, 0.25) is 0 Å². The lowest BCUT2D eigenvalue weighted by Crippen LogP contribution is -2.42. The van der Waals surface area contributed by atoms with Gasteiger partial charge < -0.3 is 11.5 Å². The van der Waals surface area contributed by atoms with Crippen molar-refractivity contribution in [1.29, 1.82) is 0 Å². The molecule has 0 aliphatic heterocycles. The summed E-state index contributed by atoms with van der Waals surface area (Å²) in [5.41, 5.74) is 13.9. The minimum Gasteiger partial charge on any atom is -0.362 e. The van der Waals surface area contributed by atoms with E-state index in [-0.39, 0.29) is 0 Å². The van der Waals surface area contributed by atoms with Gasteiger partial charge in [0.05, 0.1) is 12.8 Å². The van der Waals surface area contributed by atoms with Gasteiger partial charge in [-0.2, -0.15) is 0 Å². The summed E-state index contributed by atoms with van der Waals surface area (Å²) < 4.78 is 14.2. The van der Waals surface area contributed by atoms with Crippen LogP contribution >= 0.6 is 0 Å². The van der Waals surface area contributed by atoms with Crippen LogP contribution in [0.4, 0.5) is 11.8 Å². The average Bonchev–Trinajstić information content (AvgIpc) is 3.22. The molecular weight excluding hydrogens is 356 g/mol. The molecule has 2 heterocycles. The maximum absolute atomic E-state index is 6.01. The zero-order valence-corrected chi connectivity index (χ0v) is 17.7. The highest BCUT2D eigenvalue weighted by Crippen LogP contribution is 2.13. The predicted molar refractivity (Wildman–Crippen MR) is 107 cm³/mol. The highest BCUT2D eigenvalue weighted by molar-refractivity contribution is 5.29. The monoisotopic (exact) mass is 394 g/mol. The van der Waals surface area contributed by atoms with E-state index in [1.165, 1.54) is 51.4 Å². The second-order valence-corrected chi connectivity index (χ2v) is 7.54. The fourth-order valence-electron chi connectivity index (χ4n) is 3.47. The third-order valence-electron chi connectivity index (χ3n) is 5.21. The first-order valence-electron chi connectivity index (χ1n) is 11.0. The number of aromatic nitrogens is 4. The van der Waals surface area contributed by atoms with Crippen LogP contribution < -0.4 is 20.8 Å². The lowest BCUT2D eigenvalue weighted by Gasteiger charge is -1.98. The second kappa shape index (κ2) is 12.4. The molecule has 0 bridgehead atoms. The van der Waals surface area contributed by atoms with E-state index >= 15 is 0 Å². The van der Waals surface area contributed by atoms with Gasteiger partial charge in [-0.1, -0.05) is 52.4 Å². The van der Waals surface area contributed by atoms with Gasteiger partial charge in [-0.3, -0.25) is 9.05 Å². The van der Waals surface area contributed by atoms with Crippen LogP contribution in [0.3, 0.4) is 0 Å². The summed E-state index contributed by atoms with van der Waals surface area (Å²) >= 11 is 0. The molecule has 0 amide bonds. The predicted octanol–water partition coefficient (Wildman–Crippen LogP) is 3.13. The van der Waals surface area contributed by atoms with E-state index in [0.29, 0.717) is 24.6 Å². The van der Waals surface area contributed by atoms with E-state index < -0.39 is 0 Å². The Morgan fingerprint density at radius 2 is 1.04 bits per heavy atom. The summed E-state index contributed by atoms with van der Waals surface area (Å²) in [5.74, 6) is 0.768. The number of hydrogen-bond donors (Lipinski definition) is 2. The Kier molecular flexibility index (Phi) is 9.79. The number of anilines is 2. The summed E-state index contributed by atoms with van der Waals surface area (Å²) in [6.45, 7) is 6.10. The summed E-state index contributed by atoms with van der Waals surface area (Å²) in [6, 6.07) is 0. The SMILES string of the molecule is CCCCCCC[n+]1noc(N)c1CCc1c(N)on[n+]1CCCCCCC. The van der Waals surface area contributed by atoms with Gasteiger partial charge in [0.1, 0.15) is 0 Å². The topological polar surface area (TPSA) is 112 Å². The van der Waals surface area contributed by atoms with Gasteiger partial charge in [0, 0.05) is 12.8 Å². The van der Waals surface area contributed by atoms with Crippen molar-refractivity contribution in [3.05, 3.63) is 11.4 Å². The van der Waals surface area contributed by atoms with Gasteiger partial charge >= 0.3 is 0 Å². The fraction of sp³-hybridized carbons (Fsp3) is 0.800. The second-order valence-electron chi connectivity index (χ2n) is 7.54. The number of unbranched alkanes of at least 4 members (excludes halogenated alkanes) is 8. The van der Waals surface area contributed by atoms with Crippen molar-refractivity contribution < 1.29 is 18.4 Å². The smallest absolute Gasteiger partial charge is 0.296 e. The minimum atomic E-state index is 0.384. The first kappa shape index (κ1) is 22.2. The molecule has 0 atom stereocenters. The summed E-state index contributed by atoms with van der Waals surface area (Å²) in [4.78, 5) is 0. The third kappa shape index (κ3) is 6.80. The van der Waals surface area contributed by atoms with E-state index in [9.17, 15) is 0 Å². The molecule has 0 saturated heterocycles. The van der Waals surface area contributed by atoms with Crippen LogP contribution in [0.1, 0.15) is 89.4 Å². The summed E-state index contributed by atoms with van der Waals surface area (Å²) in [6.07, 6.45) is 13.5. The van der Waals surface area contributed by atoms with Crippen molar-refractivity contribution >= 4 is 11.8 Å². The van der Waals surface area contributed by atoms with E-state index in [4.69, 9.17) is 20.5 Å². The normalized spacial score (nSPS) is 11.4. The van der Waals surface area contributed by atoms with Crippen LogP contribution in [0.25, 0.3) is 0 Å². The Balaban J connectivity index is 1.88. The van der Waals surface area contributed by atoms with Crippen molar-refractivity contribution in [2.24, 2.45) is 0 Å². The van der Waals surface area contributed by atoms with Gasteiger partial charge in [0.15, 0.2) is 13.1 Å². The van der Waals surface area contributed by atoms with Gasteiger partial charge in [-0.25, -0.2) is 0 Å². The molecule has 0 aliphatic rings. The van der Waals surface area contributed by atoms with Crippen molar-refractivity contribution in [2.45, 2.75) is 104 Å². The van der Waals surface area contributed by atoms with Crippen molar-refractivity contribution in [1.82, 2.24) is 10.5 Å². The molecule has 0 aromatic carbocycles. The van der Waals surface area contributed by atoms with E-state index in [1.807, 2.05) is 9.36 Å². The highest BCUT2D eigenvalue weighted by atomic mass is 16.5. The molecule has 28 heavy (non-hydrogen) atoms. The first-order chi connectivity index (χ1) is 13.7. The number of rotatable bonds is 15. The fourth-order valence-corrected chi connectivity index (χ4v) is 3.47. The maximum Gasteiger partial charge on any atom is 0.296 e. The van der Waals surface area contributed by atoms with Crippen LogP contribution in [-0.4, -0.2) is 10.5 Å². The quantitative estimate of drug-likeness (QED) is 0.354. The lowest BCUT2D eigenvalue weighted by molar-refractivity contribution is -0.772. The number of nitrogens with zero attached hydrogens (tertiary/aromatic N) is 4. The molecule has 0 unspecified atom stereocenters. The molecule has 0 saturated carbocycles. The van der Waals surface area contributed by atoms with E-state index in [2.05, 4.69) is 24.4 Å². The number of hydrogen-bond acceptors (Lipinski definition) is 6. The molecule has 4 N–H and O–H groups in total. The molecule has 8 nitrogen and oxygen atoms in total. The standard InChI is InChI=1S/C20H38N6O2/c1-3-5-7-9-11-15-25-17(19(21)27-23-25)13-14-18-20(22)28-24-26(18)16-12-10-8-6-4-2/h3-16,21-22H2,1-2H3/q+2. The molecule has 0 radical (unpaired) electrons. The molecule has 158 valence electrons. The Bertz CT molecular complexity index is 624. The average molecular weight is 395 g/mol. The van der Waals surface area contributed by atoms with Crippen LogP contribution in [0.15, 0.2) is 9.05 Å². The molecule has 2 aromatic heterocycles. The van der Waals surface area contributed by atoms with Gasteiger partial charge in [0.25, 0.3) is 23.2 Å². The van der Waals surface area contributed by atoms with Crippen LogP contribution in [0, 0.1) is 0 Å². The molecule has 2 aromatic rings. The molecule has 0 aliphatic carbocycles. The minimum absolute atomic E-state index is 0.384. The Morgan fingerprint density at radius 3 is 1.43 bits per heavy atom. The Morgan fingerprint density at radius 1 is 0.643 bits per heavy atom. The maximum atomic E-state index is 6.01. The highest BCUT2D eigenvalue weighted by Gasteiger charge is 2.27.